The molecule has 0 saturated heterocycles. The van der Waals surface area contributed by atoms with Crippen molar-refractivity contribution in [2.24, 2.45) is 0 Å². The summed E-state index contributed by atoms with van der Waals surface area (Å²) in [4.78, 5) is 6.67. The molecule has 0 spiro atoms. The van der Waals surface area contributed by atoms with Crippen molar-refractivity contribution in [3.63, 3.8) is 0 Å². The standard InChI is InChI=1S/C18H16N2O/c1-21-14-6-7-18-16(9-14)13(11-20-18)8-12-10-19-17-5-3-2-4-15(12)17/h2-7,9-11,19-20H,8H2,1H3. The minimum atomic E-state index is 0.891. The Morgan fingerprint density at radius 3 is 2.38 bits per heavy atom. The third-order valence-electron chi connectivity index (χ3n) is 4.03. The van der Waals surface area contributed by atoms with E-state index in [2.05, 4.69) is 58.8 Å². The zero-order valence-electron chi connectivity index (χ0n) is 11.8. The van der Waals surface area contributed by atoms with Crippen LogP contribution in [-0.4, -0.2) is 17.1 Å². The average molecular weight is 276 g/mol. The number of H-pyrrole nitrogens is 2. The number of nitrogens with one attached hydrogen (secondary N) is 2. The van der Waals surface area contributed by atoms with Gasteiger partial charge in [0.25, 0.3) is 0 Å². The molecule has 0 aliphatic carbocycles. The van der Waals surface area contributed by atoms with Crippen LogP contribution in [0.3, 0.4) is 0 Å². The lowest BCUT2D eigenvalue weighted by Gasteiger charge is -2.02. The van der Waals surface area contributed by atoms with E-state index >= 15 is 0 Å². The summed E-state index contributed by atoms with van der Waals surface area (Å²) in [6.45, 7) is 0. The molecule has 2 aromatic carbocycles. The highest BCUT2D eigenvalue weighted by molar-refractivity contribution is 5.87. The molecule has 3 nitrogen and oxygen atoms in total. The summed E-state index contributed by atoms with van der Waals surface area (Å²) in [6.07, 6.45) is 5.09. The van der Waals surface area contributed by atoms with Gasteiger partial charge in [-0.05, 0) is 35.4 Å². The van der Waals surface area contributed by atoms with Crippen molar-refractivity contribution >= 4 is 21.8 Å². The summed E-state index contributed by atoms with van der Waals surface area (Å²) in [5.74, 6) is 0.891. The number of para-hydroxylation sites is 1. The Hall–Kier alpha value is -2.68. The van der Waals surface area contributed by atoms with Gasteiger partial charge in [0.15, 0.2) is 0 Å². The molecule has 2 N–H and O–H groups in total. The fourth-order valence-corrected chi connectivity index (χ4v) is 2.91. The number of ether oxygens (including phenoxy) is 1. The van der Waals surface area contributed by atoms with E-state index in [1.165, 1.54) is 27.4 Å². The van der Waals surface area contributed by atoms with E-state index in [1.807, 2.05) is 6.07 Å². The molecular formula is C18H16N2O. The highest BCUT2D eigenvalue weighted by atomic mass is 16.5. The maximum atomic E-state index is 5.33. The van der Waals surface area contributed by atoms with Crippen molar-refractivity contribution in [1.82, 2.24) is 9.97 Å². The predicted octanol–water partition coefficient (Wildman–Crippen LogP) is 4.25. The van der Waals surface area contributed by atoms with Crippen LogP contribution >= 0.6 is 0 Å². The molecule has 0 atom stereocenters. The Morgan fingerprint density at radius 2 is 1.57 bits per heavy atom. The SMILES string of the molecule is COc1ccc2[nH]cc(Cc3c[nH]c4ccccc34)c2c1. The molecule has 0 bridgehead atoms. The number of hydrogen-bond donors (Lipinski definition) is 2. The summed E-state index contributed by atoms with van der Waals surface area (Å²) < 4.78 is 5.33. The second kappa shape index (κ2) is 4.70. The van der Waals surface area contributed by atoms with Gasteiger partial charge in [-0.25, -0.2) is 0 Å². The number of rotatable bonds is 3. The topological polar surface area (TPSA) is 40.8 Å². The molecule has 0 amide bonds. The van der Waals surface area contributed by atoms with E-state index in [0.717, 1.165) is 17.7 Å². The molecule has 4 aromatic rings. The van der Waals surface area contributed by atoms with Crippen LogP contribution in [0.4, 0.5) is 0 Å². The molecule has 0 radical (unpaired) electrons. The molecule has 0 unspecified atom stereocenters. The van der Waals surface area contributed by atoms with Gasteiger partial charge in [0, 0.05) is 40.6 Å². The van der Waals surface area contributed by atoms with Crippen LogP contribution in [0, 0.1) is 0 Å². The van der Waals surface area contributed by atoms with E-state index in [9.17, 15) is 0 Å². The van der Waals surface area contributed by atoms with Crippen molar-refractivity contribution < 1.29 is 4.74 Å². The van der Waals surface area contributed by atoms with Crippen molar-refractivity contribution in [2.75, 3.05) is 7.11 Å². The van der Waals surface area contributed by atoms with Crippen LogP contribution in [0.15, 0.2) is 54.9 Å². The first-order valence-electron chi connectivity index (χ1n) is 7.04. The third-order valence-corrected chi connectivity index (χ3v) is 4.03. The number of aromatic nitrogens is 2. The average Bonchev–Trinajstić information content (AvgIpc) is 3.12. The van der Waals surface area contributed by atoms with Gasteiger partial charge in [-0.2, -0.15) is 0 Å². The first-order valence-corrected chi connectivity index (χ1v) is 7.04. The van der Waals surface area contributed by atoms with E-state index < -0.39 is 0 Å². The molecule has 0 saturated carbocycles. The Labute approximate surface area is 122 Å². The lowest BCUT2D eigenvalue weighted by Crippen LogP contribution is -1.86. The van der Waals surface area contributed by atoms with Crippen molar-refractivity contribution in [3.05, 3.63) is 66.0 Å². The lowest BCUT2D eigenvalue weighted by atomic mass is 10.0. The van der Waals surface area contributed by atoms with Crippen LogP contribution in [0.5, 0.6) is 5.75 Å². The van der Waals surface area contributed by atoms with Crippen LogP contribution < -0.4 is 4.74 Å². The molecule has 0 fully saturated rings. The first-order chi connectivity index (χ1) is 10.3. The Kier molecular flexibility index (Phi) is 2.71. The number of hydrogen-bond acceptors (Lipinski definition) is 1. The largest absolute Gasteiger partial charge is 0.497 e. The van der Waals surface area contributed by atoms with Gasteiger partial charge in [0.2, 0.25) is 0 Å². The number of benzene rings is 2. The molecular weight excluding hydrogens is 260 g/mol. The molecule has 0 aliphatic heterocycles. The summed E-state index contributed by atoms with van der Waals surface area (Å²) in [7, 11) is 1.70. The van der Waals surface area contributed by atoms with Gasteiger partial charge in [-0.15, -0.1) is 0 Å². The quantitative estimate of drug-likeness (QED) is 0.577. The molecule has 0 aliphatic rings. The number of methoxy groups -OCH3 is 1. The van der Waals surface area contributed by atoms with Crippen LogP contribution in [-0.2, 0) is 6.42 Å². The fourth-order valence-electron chi connectivity index (χ4n) is 2.91. The van der Waals surface area contributed by atoms with Gasteiger partial charge in [-0.1, -0.05) is 18.2 Å². The maximum Gasteiger partial charge on any atom is 0.119 e. The summed E-state index contributed by atoms with van der Waals surface area (Å²) in [5, 5.41) is 2.51. The number of fused-ring (bicyclic) bond motifs is 2. The Bertz CT molecular complexity index is 917. The van der Waals surface area contributed by atoms with Gasteiger partial charge in [0.1, 0.15) is 5.75 Å². The minimum Gasteiger partial charge on any atom is -0.497 e. The van der Waals surface area contributed by atoms with Crippen molar-refractivity contribution in [2.45, 2.75) is 6.42 Å². The van der Waals surface area contributed by atoms with Crippen molar-refractivity contribution in [1.29, 1.82) is 0 Å². The Balaban J connectivity index is 1.80. The van der Waals surface area contributed by atoms with E-state index in [-0.39, 0.29) is 0 Å². The second-order valence-electron chi connectivity index (χ2n) is 5.26. The summed E-state index contributed by atoms with van der Waals surface area (Å²) >= 11 is 0. The smallest absolute Gasteiger partial charge is 0.119 e. The molecule has 2 heterocycles. The van der Waals surface area contributed by atoms with Gasteiger partial charge < -0.3 is 14.7 Å². The zero-order chi connectivity index (χ0) is 14.2. The minimum absolute atomic E-state index is 0.891. The van der Waals surface area contributed by atoms with E-state index in [0.29, 0.717) is 0 Å². The maximum absolute atomic E-state index is 5.33. The van der Waals surface area contributed by atoms with E-state index in [4.69, 9.17) is 4.74 Å². The number of aromatic amines is 2. The molecule has 2 aromatic heterocycles. The monoisotopic (exact) mass is 276 g/mol. The lowest BCUT2D eigenvalue weighted by molar-refractivity contribution is 0.415. The fraction of sp³-hybridized carbons (Fsp3) is 0.111. The third kappa shape index (κ3) is 1.98. The molecule has 104 valence electrons. The van der Waals surface area contributed by atoms with E-state index in [1.54, 1.807) is 7.11 Å². The van der Waals surface area contributed by atoms with Gasteiger partial charge in [-0.3, -0.25) is 0 Å². The second-order valence-corrected chi connectivity index (χ2v) is 5.26. The Morgan fingerprint density at radius 1 is 0.857 bits per heavy atom. The highest BCUT2D eigenvalue weighted by Crippen LogP contribution is 2.27. The van der Waals surface area contributed by atoms with Gasteiger partial charge in [0.05, 0.1) is 7.11 Å². The molecule has 4 rings (SSSR count). The van der Waals surface area contributed by atoms with Crippen LogP contribution in [0.2, 0.25) is 0 Å². The van der Waals surface area contributed by atoms with Gasteiger partial charge >= 0.3 is 0 Å². The normalized spacial score (nSPS) is 11.3. The van der Waals surface area contributed by atoms with Crippen LogP contribution in [0.1, 0.15) is 11.1 Å². The molecule has 3 heteroatoms. The van der Waals surface area contributed by atoms with Crippen LogP contribution in [0.25, 0.3) is 21.8 Å². The highest BCUT2D eigenvalue weighted by Gasteiger charge is 2.09. The summed E-state index contributed by atoms with van der Waals surface area (Å²) in [5.41, 5.74) is 4.93. The van der Waals surface area contributed by atoms with Crippen molar-refractivity contribution in [3.8, 4) is 5.75 Å². The molecule has 21 heavy (non-hydrogen) atoms. The summed E-state index contributed by atoms with van der Waals surface area (Å²) in [6, 6.07) is 14.5. The first kappa shape index (κ1) is 12.1. The predicted molar refractivity (Wildman–Crippen MR) is 86.0 cm³/mol. The zero-order valence-corrected chi connectivity index (χ0v) is 11.8.